The van der Waals surface area contributed by atoms with Gasteiger partial charge in [0.15, 0.2) is 0 Å². The molecule has 0 fully saturated rings. The van der Waals surface area contributed by atoms with Gasteiger partial charge in [0.2, 0.25) is 5.91 Å². The Balaban J connectivity index is 1.68. The maximum absolute atomic E-state index is 12.8. The van der Waals surface area contributed by atoms with E-state index in [-0.39, 0.29) is 22.4 Å². The first-order valence-electron chi connectivity index (χ1n) is 10.2. The summed E-state index contributed by atoms with van der Waals surface area (Å²) in [6, 6.07) is 18.0. The van der Waals surface area contributed by atoms with Crippen molar-refractivity contribution in [2.24, 2.45) is 0 Å². The van der Waals surface area contributed by atoms with E-state index in [0.29, 0.717) is 22.8 Å². The zero-order valence-electron chi connectivity index (χ0n) is 18.0. The molecule has 3 aromatic carbocycles. The number of benzene rings is 3. The van der Waals surface area contributed by atoms with Gasteiger partial charge in [-0.15, -0.1) is 11.8 Å². The molecule has 2 amide bonds. The SMILES string of the molecule is CCC(Sc1cccc(NC(=O)c2cccc([N+](=O)[O-])c2)c1)C(=O)Nc1ccc(C)c(Cl)c1. The van der Waals surface area contributed by atoms with E-state index >= 15 is 0 Å². The van der Waals surface area contributed by atoms with Crippen molar-refractivity contribution < 1.29 is 14.5 Å². The van der Waals surface area contributed by atoms with Crippen LogP contribution in [0.25, 0.3) is 0 Å². The van der Waals surface area contributed by atoms with E-state index in [1.54, 1.807) is 30.3 Å². The van der Waals surface area contributed by atoms with Crippen LogP contribution in [0.2, 0.25) is 5.02 Å². The summed E-state index contributed by atoms with van der Waals surface area (Å²) >= 11 is 7.52. The zero-order chi connectivity index (χ0) is 24.0. The Hall–Kier alpha value is -3.36. The summed E-state index contributed by atoms with van der Waals surface area (Å²) in [5.74, 6) is -0.602. The molecule has 0 saturated heterocycles. The molecule has 9 heteroatoms. The third-order valence-corrected chi connectivity index (χ3v) is 6.56. The fraction of sp³-hybridized carbons (Fsp3) is 0.167. The maximum atomic E-state index is 12.8. The average Bonchev–Trinajstić information content (AvgIpc) is 2.80. The topological polar surface area (TPSA) is 101 Å². The maximum Gasteiger partial charge on any atom is 0.270 e. The summed E-state index contributed by atoms with van der Waals surface area (Å²) in [6.45, 7) is 3.82. The van der Waals surface area contributed by atoms with Gasteiger partial charge in [0.25, 0.3) is 11.6 Å². The molecule has 3 rings (SSSR count). The van der Waals surface area contributed by atoms with Crippen molar-refractivity contribution in [3.8, 4) is 0 Å². The molecule has 7 nitrogen and oxygen atoms in total. The molecule has 0 bridgehead atoms. The fourth-order valence-corrected chi connectivity index (χ4v) is 4.18. The highest BCUT2D eigenvalue weighted by Crippen LogP contribution is 2.29. The van der Waals surface area contributed by atoms with E-state index in [0.717, 1.165) is 10.5 Å². The van der Waals surface area contributed by atoms with Gasteiger partial charge in [-0.1, -0.05) is 36.7 Å². The zero-order valence-corrected chi connectivity index (χ0v) is 19.6. The Kier molecular flexibility index (Phi) is 8.08. The van der Waals surface area contributed by atoms with Crippen LogP contribution in [-0.4, -0.2) is 22.0 Å². The summed E-state index contributed by atoms with van der Waals surface area (Å²) in [6.07, 6.45) is 0.598. The second kappa shape index (κ2) is 11.0. The van der Waals surface area contributed by atoms with E-state index in [4.69, 9.17) is 11.6 Å². The van der Waals surface area contributed by atoms with E-state index in [9.17, 15) is 19.7 Å². The molecule has 33 heavy (non-hydrogen) atoms. The molecule has 0 radical (unpaired) electrons. The molecule has 0 saturated carbocycles. The van der Waals surface area contributed by atoms with Crippen LogP contribution in [0, 0.1) is 17.0 Å². The molecule has 0 spiro atoms. The lowest BCUT2D eigenvalue weighted by molar-refractivity contribution is -0.384. The largest absolute Gasteiger partial charge is 0.325 e. The van der Waals surface area contributed by atoms with Crippen LogP contribution < -0.4 is 10.6 Å². The van der Waals surface area contributed by atoms with Crippen molar-refractivity contribution in [2.45, 2.75) is 30.4 Å². The number of nitrogens with zero attached hydrogens (tertiary/aromatic N) is 1. The molecule has 1 atom stereocenters. The number of non-ortho nitro benzene ring substituents is 1. The number of hydrogen-bond donors (Lipinski definition) is 2. The summed E-state index contributed by atoms with van der Waals surface area (Å²) < 4.78 is 0. The lowest BCUT2D eigenvalue weighted by atomic mass is 10.2. The second-order valence-corrected chi connectivity index (χ2v) is 8.94. The highest BCUT2D eigenvalue weighted by molar-refractivity contribution is 8.00. The monoisotopic (exact) mass is 483 g/mol. The molecule has 0 aromatic heterocycles. The molecule has 1 unspecified atom stereocenters. The van der Waals surface area contributed by atoms with E-state index < -0.39 is 10.8 Å². The van der Waals surface area contributed by atoms with Crippen LogP contribution in [0.4, 0.5) is 17.1 Å². The van der Waals surface area contributed by atoms with Crippen molar-refractivity contribution in [3.05, 3.63) is 93.0 Å². The Labute approximate surface area is 200 Å². The van der Waals surface area contributed by atoms with Crippen LogP contribution in [0.5, 0.6) is 0 Å². The highest BCUT2D eigenvalue weighted by Gasteiger charge is 2.19. The quantitative estimate of drug-likeness (QED) is 0.222. The summed E-state index contributed by atoms with van der Waals surface area (Å²) in [7, 11) is 0. The van der Waals surface area contributed by atoms with Gasteiger partial charge in [-0.3, -0.25) is 19.7 Å². The summed E-state index contributed by atoms with van der Waals surface area (Å²) in [5, 5.41) is 16.8. The molecular weight excluding hydrogens is 462 g/mol. The number of thioether (sulfide) groups is 1. The molecule has 0 aliphatic heterocycles. The summed E-state index contributed by atoms with van der Waals surface area (Å²) in [5.41, 5.74) is 2.12. The Bertz CT molecular complexity index is 1200. The third kappa shape index (κ3) is 6.57. The Morgan fingerprint density at radius 2 is 1.76 bits per heavy atom. The number of carbonyl (C=O) groups is 2. The number of anilines is 2. The third-order valence-electron chi connectivity index (χ3n) is 4.79. The Morgan fingerprint density at radius 3 is 2.45 bits per heavy atom. The summed E-state index contributed by atoms with van der Waals surface area (Å²) in [4.78, 5) is 36.5. The smallest absolute Gasteiger partial charge is 0.270 e. The van der Waals surface area contributed by atoms with Gasteiger partial charge in [0.1, 0.15) is 0 Å². The van der Waals surface area contributed by atoms with Crippen LogP contribution in [0.1, 0.15) is 29.3 Å². The van der Waals surface area contributed by atoms with Crippen LogP contribution in [0.15, 0.2) is 71.6 Å². The van der Waals surface area contributed by atoms with Crippen molar-refractivity contribution in [3.63, 3.8) is 0 Å². The second-order valence-electron chi connectivity index (χ2n) is 7.26. The molecular formula is C24H22ClN3O4S. The molecule has 170 valence electrons. The molecule has 0 heterocycles. The van der Waals surface area contributed by atoms with Gasteiger partial charge in [-0.25, -0.2) is 0 Å². The minimum atomic E-state index is -0.547. The number of carbonyl (C=O) groups excluding carboxylic acids is 2. The molecule has 3 aromatic rings. The number of amides is 2. The fourth-order valence-electron chi connectivity index (χ4n) is 2.99. The lowest BCUT2D eigenvalue weighted by Gasteiger charge is -2.16. The first-order valence-corrected chi connectivity index (χ1v) is 11.4. The lowest BCUT2D eigenvalue weighted by Crippen LogP contribution is -2.24. The van der Waals surface area contributed by atoms with Crippen LogP contribution >= 0.6 is 23.4 Å². The van der Waals surface area contributed by atoms with Gasteiger partial charge in [-0.05, 0) is 55.3 Å². The first-order chi connectivity index (χ1) is 15.8. The molecule has 0 aliphatic carbocycles. The van der Waals surface area contributed by atoms with Crippen molar-refractivity contribution >= 4 is 52.2 Å². The van der Waals surface area contributed by atoms with Crippen molar-refractivity contribution in [1.29, 1.82) is 0 Å². The number of nitro benzene ring substituents is 1. The molecule has 0 aliphatic rings. The van der Waals surface area contributed by atoms with E-state index in [2.05, 4.69) is 10.6 Å². The molecule has 2 N–H and O–H groups in total. The predicted octanol–water partition coefficient (Wildman–Crippen LogP) is 6.32. The highest BCUT2D eigenvalue weighted by atomic mass is 35.5. The number of rotatable bonds is 8. The van der Waals surface area contributed by atoms with E-state index in [1.165, 1.54) is 36.0 Å². The minimum absolute atomic E-state index is 0.145. The number of aryl methyl sites for hydroxylation is 1. The van der Waals surface area contributed by atoms with Crippen LogP contribution in [0.3, 0.4) is 0 Å². The standard InChI is InChI=1S/C24H22ClN3O4S/c1-3-22(24(30)27-18-11-10-15(2)21(25)14-18)33-20-9-5-7-17(13-20)26-23(29)16-6-4-8-19(12-16)28(31)32/h4-14,22H,3H2,1-2H3,(H,26,29)(H,27,30). The van der Waals surface area contributed by atoms with Gasteiger partial charge in [0, 0.05) is 39.0 Å². The van der Waals surface area contributed by atoms with Gasteiger partial charge >= 0.3 is 0 Å². The number of nitro groups is 1. The van der Waals surface area contributed by atoms with Gasteiger partial charge in [0.05, 0.1) is 10.2 Å². The predicted molar refractivity (Wildman–Crippen MR) is 132 cm³/mol. The first kappa shape index (κ1) is 24.3. The normalized spacial score (nSPS) is 11.5. The van der Waals surface area contributed by atoms with Crippen LogP contribution in [-0.2, 0) is 4.79 Å². The van der Waals surface area contributed by atoms with Crippen molar-refractivity contribution in [1.82, 2.24) is 0 Å². The minimum Gasteiger partial charge on any atom is -0.325 e. The number of halogens is 1. The van der Waals surface area contributed by atoms with Gasteiger partial charge in [-0.2, -0.15) is 0 Å². The number of hydrogen-bond acceptors (Lipinski definition) is 5. The number of nitrogens with one attached hydrogen (secondary N) is 2. The van der Waals surface area contributed by atoms with E-state index in [1.807, 2.05) is 26.0 Å². The van der Waals surface area contributed by atoms with Gasteiger partial charge < -0.3 is 10.6 Å². The van der Waals surface area contributed by atoms with Crippen molar-refractivity contribution in [2.75, 3.05) is 10.6 Å². The average molecular weight is 484 g/mol. The Morgan fingerprint density at radius 1 is 1.03 bits per heavy atom.